The number of methoxy groups -OCH3 is 1. The first kappa shape index (κ1) is 18.3. The van der Waals surface area contributed by atoms with Gasteiger partial charge in [-0.3, -0.25) is 0 Å². The molecule has 0 aromatic heterocycles. The van der Waals surface area contributed by atoms with Crippen LogP contribution in [0.25, 0.3) is 0 Å². The zero-order valence-electron chi connectivity index (χ0n) is 12.9. The maximum Gasteiger partial charge on any atom is 0.341 e. The second kappa shape index (κ2) is 9.33. The molecule has 0 bridgehead atoms. The van der Waals surface area contributed by atoms with Crippen LogP contribution in [0.5, 0.6) is 5.75 Å². The predicted molar refractivity (Wildman–Crippen MR) is 76.5 cm³/mol. The fourth-order valence-electron chi connectivity index (χ4n) is 2.03. The van der Waals surface area contributed by atoms with Gasteiger partial charge in [-0.15, -0.1) is 0 Å². The molecule has 0 radical (unpaired) electrons. The largest absolute Gasteiger partial charge is 0.488 e. The summed E-state index contributed by atoms with van der Waals surface area (Å²) in [6.45, 7) is 2.21. The second-order valence-corrected chi connectivity index (χ2v) is 4.97. The van der Waals surface area contributed by atoms with E-state index in [1.54, 1.807) is 0 Å². The van der Waals surface area contributed by atoms with Crippen molar-refractivity contribution in [3.8, 4) is 5.75 Å². The maximum atomic E-state index is 13.7. The summed E-state index contributed by atoms with van der Waals surface area (Å²) >= 11 is 0. The molecule has 0 spiro atoms. The Kier molecular flexibility index (Phi) is 7.77. The lowest BCUT2D eigenvalue weighted by molar-refractivity contribution is 0.0593. The van der Waals surface area contributed by atoms with E-state index in [1.807, 2.05) is 0 Å². The van der Waals surface area contributed by atoms with E-state index in [0.29, 0.717) is 12.5 Å². The molecular formula is C16H21F3O3. The maximum absolute atomic E-state index is 13.7. The van der Waals surface area contributed by atoms with Crippen LogP contribution in [0.4, 0.5) is 13.2 Å². The molecule has 0 unspecified atom stereocenters. The van der Waals surface area contributed by atoms with Gasteiger partial charge >= 0.3 is 5.97 Å². The molecule has 0 saturated heterocycles. The fraction of sp³-hybridized carbons (Fsp3) is 0.562. The summed E-state index contributed by atoms with van der Waals surface area (Å²) in [7, 11) is 1.00. The van der Waals surface area contributed by atoms with Gasteiger partial charge in [0, 0.05) is 0 Å². The number of ether oxygens (including phenoxy) is 2. The number of carbonyl (C=O) groups is 1. The van der Waals surface area contributed by atoms with Gasteiger partial charge in [0.1, 0.15) is 5.56 Å². The Labute approximate surface area is 128 Å². The number of hydrogen-bond donors (Lipinski definition) is 0. The van der Waals surface area contributed by atoms with E-state index in [1.165, 1.54) is 0 Å². The molecule has 3 nitrogen and oxygen atoms in total. The van der Waals surface area contributed by atoms with Crippen molar-refractivity contribution in [2.24, 2.45) is 0 Å². The van der Waals surface area contributed by atoms with Crippen LogP contribution in [0, 0.1) is 17.5 Å². The first-order valence-corrected chi connectivity index (χ1v) is 7.41. The van der Waals surface area contributed by atoms with Crippen LogP contribution in [0.3, 0.4) is 0 Å². The molecule has 0 aliphatic heterocycles. The number of hydrogen-bond acceptors (Lipinski definition) is 3. The van der Waals surface area contributed by atoms with Crippen molar-refractivity contribution in [2.75, 3.05) is 13.7 Å². The van der Waals surface area contributed by atoms with Crippen LogP contribution in [-0.4, -0.2) is 19.7 Å². The first-order chi connectivity index (χ1) is 10.5. The lowest BCUT2D eigenvalue weighted by atomic mass is 10.1. The van der Waals surface area contributed by atoms with Crippen molar-refractivity contribution in [3.05, 3.63) is 29.1 Å². The van der Waals surface area contributed by atoms with E-state index in [4.69, 9.17) is 4.74 Å². The molecule has 1 aromatic carbocycles. The van der Waals surface area contributed by atoms with Gasteiger partial charge in [0.25, 0.3) is 0 Å². The minimum Gasteiger partial charge on any atom is -0.488 e. The number of rotatable bonds is 9. The molecule has 6 heteroatoms. The summed E-state index contributed by atoms with van der Waals surface area (Å²) in [5.74, 6) is -6.03. The Bertz CT molecular complexity index is 504. The topological polar surface area (TPSA) is 35.5 Å². The molecule has 1 aromatic rings. The van der Waals surface area contributed by atoms with Gasteiger partial charge in [-0.25, -0.2) is 13.6 Å². The van der Waals surface area contributed by atoms with Gasteiger partial charge in [-0.2, -0.15) is 4.39 Å². The van der Waals surface area contributed by atoms with E-state index in [2.05, 4.69) is 11.7 Å². The quantitative estimate of drug-likeness (QED) is 0.378. The number of carbonyl (C=O) groups excluding carboxylic acids is 1. The standard InChI is InChI=1S/C16H21F3O3/c1-3-4-5-6-7-8-9-22-15-12(17)10-11(16(20)21-2)13(18)14(15)19/h10H,3-9H2,1-2H3. The van der Waals surface area contributed by atoms with Crippen molar-refractivity contribution in [2.45, 2.75) is 45.4 Å². The third-order valence-electron chi connectivity index (χ3n) is 3.27. The average Bonchev–Trinajstić information content (AvgIpc) is 2.52. The first-order valence-electron chi connectivity index (χ1n) is 7.41. The van der Waals surface area contributed by atoms with Gasteiger partial charge in [-0.05, 0) is 12.5 Å². The zero-order valence-corrected chi connectivity index (χ0v) is 12.9. The molecule has 0 N–H and O–H groups in total. The summed E-state index contributed by atoms with van der Waals surface area (Å²) in [5.41, 5.74) is -0.788. The minimum absolute atomic E-state index is 0.0942. The van der Waals surface area contributed by atoms with Crippen molar-refractivity contribution in [1.82, 2.24) is 0 Å². The van der Waals surface area contributed by atoms with Crippen LogP contribution in [0.1, 0.15) is 55.8 Å². The smallest absolute Gasteiger partial charge is 0.341 e. The molecule has 0 atom stereocenters. The highest BCUT2D eigenvalue weighted by atomic mass is 19.2. The predicted octanol–water partition coefficient (Wildman–Crippen LogP) is 4.63. The number of unbranched alkanes of at least 4 members (excludes halogenated alkanes) is 5. The van der Waals surface area contributed by atoms with Gasteiger partial charge in [0.05, 0.1) is 13.7 Å². The molecule has 22 heavy (non-hydrogen) atoms. The fourth-order valence-corrected chi connectivity index (χ4v) is 2.03. The minimum atomic E-state index is -1.51. The molecule has 1 rings (SSSR count). The van der Waals surface area contributed by atoms with Crippen LogP contribution in [-0.2, 0) is 4.74 Å². The number of halogens is 3. The molecule has 0 fully saturated rings. The molecule has 0 amide bonds. The Morgan fingerprint density at radius 2 is 1.68 bits per heavy atom. The average molecular weight is 318 g/mol. The van der Waals surface area contributed by atoms with Crippen LogP contribution < -0.4 is 4.74 Å². The Hall–Kier alpha value is -1.72. The van der Waals surface area contributed by atoms with Crippen molar-refractivity contribution >= 4 is 5.97 Å². The van der Waals surface area contributed by atoms with E-state index < -0.39 is 34.7 Å². The lowest BCUT2D eigenvalue weighted by Crippen LogP contribution is -2.10. The summed E-state index contributed by atoms with van der Waals surface area (Å²) in [6.07, 6.45) is 5.94. The molecule has 124 valence electrons. The van der Waals surface area contributed by atoms with E-state index in [-0.39, 0.29) is 6.61 Å². The Balaban J connectivity index is 2.61. The SMILES string of the molecule is CCCCCCCCOc1c(F)cc(C(=O)OC)c(F)c1F. The highest BCUT2D eigenvalue weighted by Gasteiger charge is 2.24. The lowest BCUT2D eigenvalue weighted by Gasteiger charge is -2.10. The molecule has 0 aliphatic carbocycles. The third kappa shape index (κ3) is 4.93. The van der Waals surface area contributed by atoms with Crippen LogP contribution in [0.2, 0.25) is 0 Å². The van der Waals surface area contributed by atoms with Crippen LogP contribution in [0.15, 0.2) is 6.07 Å². The van der Waals surface area contributed by atoms with E-state index >= 15 is 0 Å². The third-order valence-corrected chi connectivity index (χ3v) is 3.27. The summed E-state index contributed by atoms with van der Waals surface area (Å²) in [5, 5.41) is 0. The van der Waals surface area contributed by atoms with E-state index in [0.717, 1.165) is 39.2 Å². The van der Waals surface area contributed by atoms with Gasteiger partial charge in [-0.1, -0.05) is 39.0 Å². The van der Waals surface area contributed by atoms with Crippen LogP contribution >= 0.6 is 0 Å². The zero-order chi connectivity index (χ0) is 16.5. The highest BCUT2D eigenvalue weighted by Crippen LogP contribution is 2.27. The van der Waals surface area contributed by atoms with Crippen molar-refractivity contribution in [3.63, 3.8) is 0 Å². The highest BCUT2D eigenvalue weighted by molar-refractivity contribution is 5.89. The summed E-state index contributed by atoms with van der Waals surface area (Å²) in [4.78, 5) is 11.2. The molecule has 0 saturated carbocycles. The molecule has 0 heterocycles. The number of benzene rings is 1. The summed E-state index contributed by atoms with van der Waals surface area (Å²) in [6, 6.07) is 0.584. The van der Waals surface area contributed by atoms with Gasteiger partial charge in [0.2, 0.25) is 5.82 Å². The van der Waals surface area contributed by atoms with Crippen molar-refractivity contribution < 1.29 is 27.4 Å². The van der Waals surface area contributed by atoms with Gasteiger partial charge < -0.3 is 9.47 Å². The Morgan fingerprint density at radius 1 is 1.05 bits per heavy atom. The number of esters is 1. The summed E-state index contributed by atoms with van der Waals surface area (Å²) < 4.78 is 50.4. The molecule has 0 aliphatic rings. The second-order valence-electron chi connectivity index (χ2n) is 4.97. The monoisotopic (exact) mass is 318 g/mol. The van der Waals surface area contributed by atoms with Gasteiger partial charge in [0.15, 0.2) is 17.4 Å². The van der Waals surface area contributed by atoms with Crippen molar-refractivity contribution in [1.29, 1.82) is 0 Å². The molecular weight excluding hydrogens is 297 g/mol. The normalized spacial score (nSPS) is 10.6. The van der Waals surface area contributed by atoms with E-state index in [9.17, 15) is 18.0 Å². The Morgan fingerprint density at radius 3 is 2.32 bits per heavy atom.